The van der Waals surface area contributed by atoms with E-state index >= 15 is 0 Å². The van der Waals surface area contributed by atoms with Gasteiger partial charge < -0.3 is 10.1 Å². The number of carbonyl (C=O) groups is 1. The minimum absolute atomic E-state index is 0.0715. The number of thiophene rings is 1. The molecular formula is C14H14N4O2S. The smallest absolute Gasteiger partial charge is 0.228 e. The number of anilines is 1. The Hall–Kier alpha value is -2.25. The van der Waals surface area contributed by atoms with Crippen molar-refractivity contribution in [3.63, 3.8) is 0 Å². The summed E-state index contributed by atoms with van der Waals surface area (Å²) in [5.41, 5.74) is 2.27. The summed E-state index contributed by atoms with van der Waals surface area (Å²) in [4.78, 5) is 16.4. The fraction of sp³-hybridized carbons (Fsp3) is 0.214. The van der Waals surface area contributed by atoms with Crippen molar-refractivity contribution in [3.8, 4) is 0 Å². The molecule has 21 heavy (non-hydrogen) atoms. The molecule has 0 fully saturated rings. The number of nitrogens with one attached hydrogen (secondary N) is 1. The van der Waals surface area contributed by atoms with E-state index in [1.54, 1.807) is 29.2 Å². The Morgan fingerprint density at radius 1 is 1.48 bits per heavy atom. The lowest BCUT2D eigenvalue weighted by Gasteiger charge is -2.05. The predicted molar refractivity (Wildman–Crippen MR) is 80.4 cm³/mol. The van der Waals surface area contributed by atoms with Crippen molar-refractivity contribution >= 4 is 28.6 Å². The van der Waals surface area contributed by atoms with Crippen molar-refractivity contribution in [2.75, 3.05) is 12.4 Å². The topological polar surface area (TPSA) is 68.5 Å². The van der Waals surface area contributed by atoms with Crippen LogP contribution in [0, 0.1) is 0 Å². The van der Waals surface area contributed by atoms with Crippen LogP contribution in [-0.2, 0) is 22.6 Å². The first-order valence-electron chi connectivity index (χ1n) is 6.40. The van der Waals surface area contributed by atoms with E-state index < -0.39 is 0 Å². The third-order valence-electron chi connectivity index (χ3n) is 2.90. The average molecular weight is 302 g/mol. The number of hydrogen-bond acceptors (Lipinski definition) is 5. The SMILES string of the molecule is COCc1nc2c(NC(=O)Cc3ccsc3)cccn2n1. The summed E-state index contributed by atoms with van der Waals surface area (Å²) in [5.74, 6) is 0.509. The lowest BCUT2D eigenvalue weighted by atomic mass is 10.2. The maximum Gasteiger partial charge on any atom is 0.228 e. The van der Waals surface area contributed by atoms with Crippen LogP contribution in [0.25, 0.3) is 5.65 Å². The normalized spacial score (nSPS) is 10.9. The van der Waals surface area contributed by atoms with Crippen LogP contribution in [0.3, 0.4) is 0 Å². The Labute approximate surface area is 125 Å². The summed E-state index contributed by atoms with van der Waals surface area (Å²) in [6.45, 7) is 0.337. The average Bonchev–Trinajstić information content (AvgIpc) is 3.08. The number of aromatic nitrogens is 3. The van der Waals surface area contributed by atoms with Gasteiger partial charge in [0, 0.05) is 13.3 Å². The minimum Gasteiger partial charge on any atom is -0.377 e. The first-order chi connectivity index (χ1) is 10.3. The summed E-state index contributed by atoms with van der Waals surface area (Å²) < 4.78 is 6.66. The number of methoxy groups -OCH3 is 1. The van der Waals surface area contributed by atoms with Gasteiger partial charge in [-0.15, -0.1) is 5.10 Å². The molecule has 3 rings (SSSR count). The van der Waals surface area contributed by atoms with Gasteiger partial charge in [0.2, 0.25) is 5.91 Å². The first kappa shape index (κ1) is 13.7. The summed E-state index contributed by atoms with van der Waals surface area (Å²) in [6, 6.07) is 5.57. The molecule has 0 aliphatic heterocycles. The molecule has 3 aromatic rings. The largest absolute Gasteiger partial charge is 0.377 e. The van der Waals surface area contributed by atoms with Crippen LogP contribution in [0.4, 0.5) is 5.69 Å². The van der Waals surface area contributed by atoms with E-state index in [9.17, 15) is 4.79 Å². The lowest BCUT2D eigenvalue weighted by molar-refractivity contribution is -0.115. The van der Waals surface area contributed by atoms with Crippen LogP contribution >= 0.6 is 11.3 Å². The van der Waals surface area contributed by atoms with Crippen LogP contribution in [-0.4, -0.2) is 27.6 Å². The third-order valence-corrected chi connectivity index (χ3v) is 3.63. The molecule has 3 heterocycles. The van der Waals surface area contributed by atoms with Crippen molar-refractivity contribution in [3.05, 3.63) is 46.5 Å². The Bertz CT molecular complexity index is 752. The van der Waals surface area contributed by atoms with E-state index in [-0.39, 0.29) is 5.91 Å². The molecule has 0 aromatic carbocycles. The van der Waals surface area contributed by atoms with Gasteiger partial charge in [-0.3, -0.25) is 4.79 Å². The fourth-order valence-electron chi connectivity index (χ4n) is 2.01. The minimum atomic E-state index is -0.0715. The Balaban J connectivity index is 1.81. The second-order valence-electron chi connectivity index (χ2n) is 4.51. The fourth-order valence-corrected chi connectivity index (χ4v) is 2.68. The molecule has 108 valence electrons. The Kier molecular flexibility index (Phi) is 3.94. The molecule has 7 heteroatoms. The number of pyridine rings is 1. The highest BCUT2D eigenvalue weighted by molar-refractivity contribution is 7.08. The molecular weight excluding hydrogens is 288 g/mol. The molecule has 0 unspecified atom stereocenters. The highest BCUT2D eigenvalue weighted by Crippen LogP contribution is 2.16. The van der Waals surface area contributed by atoms with Crippen LogP contribution in [0.5, 0.6) is 0 Å². The molecule has 0 saturated heterocycles. The van der Waals surface area contributed by atoms with Gasteiger partial charge in [0.15, 0.2) is 11.5 Å². The van der Waals surface area contributed by atoms with Gasteiger partial charge in [-0.05, 0) is 34.5 Å². The van der Waals surface area contributed by atoms with E-state index in [1.165, 1.54) is 0 Å². The second kappa shape index (κ2) is 6.02. The van der Waals surface area contributed by atoms with Crippen molar-refractivity contribution in [1.29, 1.82) is 0 Å². The molecule has 3 aromatic heterocycles. The maximum absolute atomic E-state index is 12.1. The lowest BCUT2D eigenvalue weighted by Crippen LogP contribution is -2.14. The summed E-state index contributed by atoms with van der Waals surface area (Å²) in [6.07, 6.45) is 2.14. The van der Waals surface area contributed by atoms with Gasteiger partial charge in [-0.25, -0.2) is 9.50 Å². The zero-order valence-electron chi connectivity index (χ0n) is 11.4. The number of rotatable bonds is 5. The number of fused-ring (bicyclic) bond motifs is 1. The maximum atomic E-state index is 12.1. The quantitative estimate of drug-likeness (QED) is 0.784. The second-order valence-corrected chi connectivity index (χ2v) is 5.29. The molecule has 0 radical (unpaired) electrons. The standard InChI is InChI=1S/C14H14N4O2S/c1-20-8-12-16-14-11(3-2-5-18(14)17-12)15-13(19)7-10-4-6-21-9-10/h2-6,9H,7-8H2,1H3,(H,15,19). The van der Waals surface area contributed by atoms with Crippen LogP contribution in [0.1, 0.15) is 11.4 Å². The van der Waals surface area contributed by atoms with Gasteiger partial charge in [-0.2, -0.15) is 11.3 Å². The van der Waals surface area contributed by atoms with E-state index in [4.69, 9.17) is 4.74 Å². The summed E-state index contributed by atoms with van der Waals surface area (Å²) in [5, 5.41) is 11.1. The van der Waals surface area contributed by atoms with Gasteiger partial charge in [0.05, 0.1) is 12.1 Å². The highest BCUT2D eigenvalue weighted by atomic mass is 32.1. The van der Waals surface area contributed by atoms with E-state index in [2.05, 4.69) is 15.4 Å². The van der Waals surface area contributed by atoms with E-state index in [1.807, 2.05) is 29.0 Å². The van der Waals surface area contributed by atoms with Crippen LogP contribution < -0.4 is 5.32 Å². The van der Waals surface area contributed by atoms with Gasteiger partial charge >= 0.3 is 0 Å². The molecule has 6 nitrogen and oxygen atoms in total. The van der Waals surface area contributed by atoms with Crippen molar-refractivity contribution < 1.29 is 9.53 Å². The predicted octanol–water partition coefficient (Wildman–Crippen LogP) is 2.12. The monoisotopic (exact) mass is 302 g/mol. The van der Waals surface area contributed by atoms with Crippen LogP contribution in [0.15, 0.2) is 35.2 Å². The first-order valence-corrected chi connectivity index (χ1v) is 7.34. The molecule has 1 amide bonds. The van der Waals surface area contributed by atoms with Gasteiger partial charge in [-0.1, -0.05) is 0 Å². The molecule has 0 aliphatic rings. The van der Waals surface area contributed by atoms with Crippen molar-refractivity contribution in [1.82, 2.24) is 14.6 Å². The van der Waals surface area contributed by atoms with E-state index in [0.29, 0.717) is 30.2 Å². The molecule has 1 N–H and O–H groups in total. The zero-order valence-corrected chi connectivity index (χ0v) is 12.3. The number of carbonyl (C=O) groups excluding carboxylic acids is 1. The summed E-state index contributed by atoms with van der Waals surface area (Å²) >= 11 is 1.58. The number of amides is 1. The van der Waals surface area contributed by atoms with Crippen LogP contribution in [0.2, 0.25) is 0 Å². The third kappa shape index (κ3) is 3.09. The molecule has 0 atom stereocenters. The molecule has 0 saturated carbocycles. The molecule has 0 aliphatic carbocycles. The van der Waals surface area contributed by atoms with E-state index in [0.717, 1.165) is 5.56 Å². The number of hydrogen-bond donors (Lipinski definition) is 1. The summed E-state index contributed by atoms with van der Waals surface area (Å²) in [7, 11) is 1.59. The number of ether oxygens (including phenoxy) is 1. The Morgan fingerprint density at radius 3 is 3.14 bits per heavy atom. The van der Waals surface area contributed by atoms with Crippen molar-refractivity contribution in [2.45, 2.75) is 13.0 Å². The zero-order chi connectivity index (χ0) is 14.7. The molecule has 0 spiro atoms. The van der Waals surface area contributed by atoms with Gasteiger partial charge in [0.1, 0.15) is 6.61 Å². The number of nitrogens with zero attached hydrogens (tertiary/aromatic N) is 3. The van der Waals surface area contributed by atoms with Crippen molar-refractivity contribution in [2.24, 2.45) is 0 Å². The Morgan fingerprint density at radius 2 is 2.38 bits per heavy atom. The van der Waals surface area contributed by atoms with Gasteiger partial charge in [0.25, 0.3) is 0 Å². The highest BCUT2D eigenvalue weighted by Gasteiger charge is 2.11. The molecule has 0 bridgehead atoms.